The molecule has 9 heteroatoms. The molecule has 2 aliphatic heterocycles. The summed E-state index contributed by atoms with van der Waals surface area (Å²) in [7, 11) is 0. The molecule has 0 saturated carbocycles. The van der Waals surface area contributed by atoms with Gasteiger partial charge in [-0.25, -0.2) is 15.3 Å². The Kier molecular flexibility index (Phi) is 7.87. The Morgan fingerprint density at radius 3 is 2.59 bits per heavy atom. The molecule has 0 aliphatic carbocycles. The Bertz CT molecular complexity index is 661. The zero-order chi connectivity index (χ0) is 18.4. The van der Waals surface area contributed by atoms with Crippen molar-refractivity contribution in [3.63, 3.8) is 0 Å². The van der Waals surface area contributed by atoms with Gasteiger partial charge in [0.15, 0.2) is 0 Å². The Labute approximate surface area is 165 Å². The molecule has 27 heavy (non-hydrogen) atoms. The van der Waals surface area contributed by atoms with E-state index in [1.165, 1.54) is 18.0 Å². The molecule has 8 nitrogen and oxygen atoms in total. The van der Waals surface area contributed by atoms with Crippen LogP contribution in [0.25, 0.3) is 6.08 Å². The maximum Gasteiger partial charge on any atom is 0.320 e. The van der Waals surface area contributed by atoms with Gasteiger partial charge in [-0.05, 0) is 49.5 Å². The highest BCUT2D eigenvalue weighted by atomic mass is 35.5. The Hall–Kier alpha value is -2.32. The van der Waals surface area contributed by atoms with Crippen LogP contribution in [0.5, 0.6) is 0 Å². The van der Waals surface area contributed by atoms with Gasteiger partial charge in [0.25, 0.3) is 5.91 Å². The molecule has 3 N–H and O–H groups in total. The Balaban J connectivity index is 0.00000261. The van der Waals surface area contributed by atoms with E-state index in [2.05, 4.69) is 10.3 Å². The van der Waals surface area contributed by atoms with Crippen LogP contribution in [0.15, 0.2) is 24.4 Å². The molecule has 3 amide bonds. The first-order valence-corrected chi connectivity index (χ1v) is 9.04. The van der Waals surface area contributed by atoms with E-state index in [-0.39, 0.29) is 24.5 Å². The van der Waals surface area contributed by atoms with Crippen molar-refractivity contribution in [1.29, 1.82) is 0 Å². The molecule has 0 unspecified atom stereocenters. The van der Waals surface area contributed by atoms with Crippen molar-refractivity contribution in [2.75, 3.05) is 31.5 Å². The molecule has 3 heterocycles. The van der Waals surface area contributed by atoms with E-state index in [9.17, 15) is 9.59 Å². The van der Waals surface area contributed by atoms with Gasteiger partial charge in [-0.3, -0.25) is 10.0 Å². The summed E-state index contributed by atoms with van der Waals surface area (Å²) in [6, 6.07) is 4.02. The van der Waals surface area contributed by atoms with Crippen molar-refractivity contribution >= 4 is 36.2 Å². The number of anilines is 1. The number of pyridine rings is 1. The summed E-state index contributed by atoms with van der Waals surface area (Å²) in [5.41, 5.74) is 2.29. The molecule has 1 atom stereocenters. The van der Waals surface area contributed by atoms with E-state index in [0.717, 1.165) is 50.3 Å². The minimum Gasteiger partial charge on any atom is -0.365 e. The fraction of sp³-hybridized carbons (Fsp3) is 0.500. The van der Waals surface area contributed by atoms with Crippen molar-refractivity contribution in [3.8, 4) is 0 Å². The first kappa shape index (κ1) is 21.0. The zero-order valence-corrected chi connectivity index (χ0v) is 16.0. The van der Waals surface area contributed by atoms with Gasteiger partial charge in [-0.2, -0.15) is 0 Å². The lowest BCUT2D eigenvalue weighted by Crippen LogP contribution is -2.45. The molecule has 148 valence electrons. The summed E-state index contributed by atoms with van der Waals surface area (Å²) in [4.78, 5) is 31.7. The largest absolute Gasteiger partial charge is 0.365 e. The highest BCUT2D eigenvalue weighted by Crippen LogP contribution is 2.18. The molecule has 2 saturated heterocycles. The topological polar surface area (TPSA) is 97.8 Å². The van der Waals surface area contributed by atoms with Crippen molar-refractivity contribution in [2.45, 2.75) is 31.7 Å². The number of hydrogen-bond acceptors (Lipinski definition) is 5. The lowest BCUT2D eigenvalue weighted by atomic mass is 10.1. The average molecular weight is 396 g/mol. The van der Waals surface area contributed by atoms with Crippen LogP contribution >= 0.6 is 12.4 Å². The molecular weight excluding hydrogens is 370 g/mol. The third-order valence-electron chi connectivity index (χ3n) is 4.76. The lowest BCUT2D eigenvalue weighted by Gasteiger charge is -2.31. The number of urea groups is 1. The number of carbonyl (C=O) groups excluding carboxylic acids is 2. The van der Waals surface area contributed by atoms with E-state index in [1.807, 2.05) is 21.9 Å². The summed E-state index contributed by atoms with van der Waals surface area (Å²) in [6.45, 7) is 3.20. The highest BCUT2D eigenvalue weighted by Gasteiger charge is 2.29. The number of likely N-dealkylation sites (tertiary alicyclic amines) is 2. The van der Waals surface area contributed by atoms with E-state index in [0.29, 0.717) is 6.54 Å². The van der Waals surface area contributed by atoms with Crippen LogP contribution in [0.2, 0.25) is 0 Å². The molecule has 0 spiro atoms. The lowest BCUT2D eigenvalue weighted by molar-refractivity contribution is -0.124. The number of halogens is 1. The fourth-order valence-electron chi connectivity index (χ4n) is 3.34. The number of carbonyl (C=O) groups is 2. The second kappa shape index (κ2) is 10.1. The number of amides is 3. The first-order valence-electron chi connectivity index (χ1n) is 9.04. The predicted octanol–water partition coefficient (Wildman–Crippen LogP) is 2.11. The maximum absolute atomic E-state index is 12.5. The average Bonchev–Trinajstić information content (AvgIpc) is 3.15. The summed E-state index contributed by atoms with van der Waals surface area (Å²) in [5, 5.41) is 11.8. The van der Waals surface area contributed by atoms with Crippen molar-refractivity contribution < 1.29 is 14.8 Å². The molecular formula is C18H26ClN5O3. The van der Waals surface area contributed by atoms with Gasteiger partial charge in [0.2, 0.25) is 0 Å². The predicted molar refractivity (Wildman–Crippen MR) is 105 cm³/mol. The molecule has 0 radical (unpaired) electrons. The van der Waals surface area contributed by atoms with E-state index < -0.39 is 5.91 Å². The van der Waals surface area contributed by atoms with Gasteiger partial charge in [-0.1, -0.05) is 0 Å². The molecule has 0 aromatic carbocycles. The second-order valence-corrected chi connectivity index (χ2v) is 6.69. The minimum atomic E-state index is -0.586. The number of rotatable bonds is 4. The fourth-order valence-corrected chi connectivity index (χ4v) is 3.34. The number of nitrogens with zero attached hydrogens (tertiary/aromatic N) is 3. The summed E-state index contributed by atoms with van der Waals surface area (Å²) >= 11 is 0. The smallest absolute Gasteiger partial charge is 0.320 e. The van der Waals surface area contributed by atoms with Crippen LogP contribution in [-0.2, 0) is 4.79 Å². The molecule has 2 aliphatic rings. The summed E-state index contributed by atoms with van der Waals surface area (Å²) < 4.78 is 0. The highest BCUT2D eigenvalue weighted by molar-refractivity contribution is 5.90. The van der Waals surface area contributed by atoms with Gasteiger partial charge in [-0.15, -0.1) is 12.4 Å². The minimum absolute atomic E-state index is 0. The van der Waals surface area contributed by atoms with Gasteiger partial charge in [0.05, 0.1) is 0 Å². The SMILES string of the molecule is Cl.O=C(/C=C/c1ccc(N[C@@H]2CCN(C(=O)N3CCCCC3)C2)nc1)NO. The van der Waals surface area contributed by atoms with Crippen LogP contribution in [0.3, 0.4) is 0 Å². The maximum atomic E-state index is 12.5. The van der Waals surface area contributed by atoms with Gasteiger partial charge in [0, 0.05) is 44.5 Å². The van der Waals surface area contributed by atoms with Crippen molar-refractivity contribution in [1.82, 2.24) is 20.3 Å². The van der Waals surface area contributed by atoms with E-state index in [1.54, 1.807) is 12.3 Å². The summed E-state index contributed by atoms with van der Waals surface area (Å²) in [5.74, 6) is 0.155. The van der Waals surface area contributed by atoms with Crippen LogP contribution < -0.4 is 10.8 Å². The normalized spacial score (nSPS) is 19.7. The Morgan fingerprint density at radius 1 is 1.15 bits per heavy atom. The number of nitrogens with one attached hydrogen (secondary N) is 2. The van der Waals surface area contributed by atoms with E-state index >= 15 is 0 Å². The van der Waals surface area contributed by atoms with Crippen LogP contribution in [0.4, 0.5) is 10.6 Å². The standard InChI is InChI=1S/C18H25N5O3.ClH/c24-17(21-26)7-5-14-4-6-16(19-12-14)20-15-8-11-23(13-15)18(25)22-9-2-1-3-10-22;/h4-7,12,15,26H,1-3,8-11,13H2,(H,19,20)(H,21,24);1H/b7-5+;/t15-;/m1./s1. The molecule has 1 aromatic heterocycles. The molecule has 2 fully saturated rings. The summed E-state index contributed by atoms with van der Waals surface area (Å²) in [6.07, 6.45) is 8.77. The number of aromatic nitrogens is 1. The third kappa shape index (κ3) is 5.83. The molecule has 3 rings (SSSR count). The van der Waals surface area contributed by atoms with Crippen LogP contribution in [0.1, 0.15) is 31.2 Å². The quantitative estimate of drug-likeness (QED) is 0.412. The van der Waals surface area contributed by atoms with Crippen molar-refractivity contribution in [3.05, 3.63) is 30.0 Å². The van der Waals surface area contributed by atoms with Gasteiger partial charge in [0.1, 0.15) is 5.82 Å². The molecule has 1 aromatic rings. The van der Waals surface area contributed by atoms with Crippen LogP contribution in [-0.4, -0.2) is 64.2 Å². The van der Waals surface area contributed by atoms with E-state index in [4.69, 9.17) is 5.21 Å². The van der Waals surface area contributed by atoms with Gasteiger partial charge < -0.3 is 15.1 Å². The number of piperidine rings is 1. The zero-order valence-electron chi connectivity index (χ0n) is 15.1. The monoisotopic (exact) mass is 395 g/mol. The second-order valence-electron chi connectivity index (χ2n) is 6.69. The number of hydroxylamine groups is 1. The van der Waals surface area contributed by atoms with Crippen molar-refractivity contribution in [2.24, 2.45) is 0 Å². The first-order chi connectivity index (χ1) is 12.7. The van der Waals surface area contributed by atoms with Crippen LogP contribution in [0, 0.1) is 0 Å². The number of hydrogen-bond donors (Lipinski definition) is 3. The molecule has 0 bridgehead atoms. The van der Waals surface area contributed by atoms with Gasteiger partial charge >= 0.3 is 6.03 Å². The third-order valence-corrected chi connectivity index (χ3v) is 4.76. The Morgan fingerprint density at radius 2 is 1.93 bits per heavy atom.